The van der Waals surface area contributed by atoms with Gasteiger partial charge in [0.25, 0.3) is 0 Å². The molecule has 0 fully saturated rings. The zero-order valence-electron chi connectivity index (χ0n) is 12.4. The van der Waals surface area contributed by atoms with Crippen LogP contribution in [0.15, 0.2) is 89.8 Å². The third-order valence-corrected chi connectivity index (χ3v) is 4.86. The lowest BCUT2D eigenvalue weighted by Gasteiger charge is -2.12. The van der Waals surface area contributed by atoms with E-state index in [2.05, 4.69) is 0 Å². The number of para-hydroxylation sites is 1. The van der Waals surface area contributed by atoms with Gasteiger partial charge >= 0.3 is 0 Å². The van der Waals surface area contributed by atoms with Crippen LogP contribution in [0.1, 0.15) is 0 Å². The fourth-order valence-electron chi connectivity index (χ4n) is 2.29. The van der Waals surface area contributed by atoms with E-state index in [4.69, 9.17) is 4.74 Å². The number of hydrogen-bond acceptors (Lipinski definition) is 3. The van der Waals surface area contributed by atoms with Crippen molar-refractivity contribution < 1.29 is 13.2 Å². The summed E-state index contributed by atoms with van der Waals surface area (Å²) in [6.07, 6.45) is 0. The fourth-order valence-corrected chi connectivity index (χ4v) is 3.28. The Morgan fingerprint density at radius 2 is 1.26 bits per heavy atom. The van der Waals surface area contributed by atoms with Gasteiger partial charge in [0.05, 0.1) is 4.90 Å². The molecule has 0 aliphatic rings. The molecule has 4 heteroatoms. The highest BCUT2D eigenvalue weighted by Crippen LogP contribution is 2.30. The van der Waals surface area contributed by atoms with Gasteiger partial charge in [-0.3, -0.25) is 0 Å². The Bertz CT molecular complexity index is 873. The Labute approximate surface area is 136 Å². The highest BCUT2D eigenvalue weighted by atomic mass is 32.2. The summed E-state index contributed by atoms with van der Waals surface area (Å²) in [5.74, 6) is 0.166. The average Bonchev–Trinajstić information content (AvgIpc) is 2.62. The van der Waals surface area contributed by atoms with Gasteiger partial charge in [-0.15, -0.1) is 0 Å². The Morgan fingerprint density at radius 1 is 0.696 bits per heavy atom. The third kappa shape index (κ3) is 3.60. The topological polar surface area (TPSA) is 43.4 Å². The second-order valence-corrected chi connectivity index (χ2v) is 6.99. The predicted octanol–water partition coefficient (Wildman–Crippen LogP) is 4.16. The normalized spacial score (nSPS) is 11.1. The fraction of sp³-hybridized carbons (Fsp3) is 0.0526. The number of rotatable bonds is 5. The van der Waals surface area contributed by atoms with E-state index in [0.29, 0.717) is 5.75 Å². The van der Waals surface area contributed by atoms with Crippen LogP contribution in [0.2, 0.25) is 0 Å². The summed E-state index contributed by atoms with van der Waals surface area (Å²) in [6.45, 7) is 0. The maximum Gasteiger partial charge on any atom is 0.213 e. The predicted molar refractivity (Wildman–Crippen MR) is 91.0 cm³/mol. The average molecular weight is 324 g/mol. The van der Waals surface area contributed by atoms with Crippen LogP contribution in [-0.4, -0.2) is 14.4 Å². The molecule has 0 bridgehead atoms. The molecule has 0 saturated carbocycles. The first-order valence-electron chi connectivity index (χ1n) is 7.22. The first-order chi connectivity index (χ1) is 11.2. The van der Waals surface area contributed by atoms with E-state index in [1.807, 2.05) is 48.5 Å². The van der Waals surface area contributed by atoms with Gasteiger partial charge in [-0.1, -0.05) is 66.7 Å². The van der Waals surface area contributed by atoms with E-state index < -0.39 is 9.84 Å². The van der Waals surface area contributed by atoms with Gasteiger partial charge in [0, 0.05) is 5.56 Å². The maximum atomic E-state index is 12.3. The van der Waals surface area contributed by atoms with Gasteiger partial charge in [0.1, 0.15) is 5.75 Å². The number of ether oxygens (including phenoxy) is 1. The molecule has 0 aromatic heterocycles. The van der Waals surface area contributed by atoms with E-state index in [1.54, 1.807) is 36.4 Å². The summed E-state index contributed by atoms with van der Waals surface area (Å²) in [5, 5.41) is 0. The van der Waals surface area contributed by atoms with Crippen molar-refractivity contribution in [2.24, 2.45) is 0 Å². The minimum atomic E-state index is -3.48. The summed E-state index contributed by atoms with van der Waals surface area (Å²) in [4.78, 5) is 0.261. The van der Waals surface area contributed by atoms with E-state index in [-0.39, 0.29) is 10.8 Å². The molecule has 0 amide bonds. The molecule has 0 radical (unpaired) electrons. The molecular weight excluding hydrogens is 308 g/mol. The summed E-state index contributed by atoms with van der Waals surface area (Å²) in [7, 11) is -3.48. The molecule has 3 aromatic carbocycles. The molecule has 3 nitrogen and oxygen atoms in total. The minimum absolute atomic E-state index is 0.261. The standard InChI is InChI=1S/C19H16O3S/c20-23(21,17-11-5-2-6-12-17)15-22-19-14-8-7-13-18(19)16-9-3-1-4-10-16/h1-14H,15H2. The van der Waals surface area contributed by atoms with Crippen molar-refractivity contribution >= 4 is 9.84 Å². The van der Waals surface area contributed by atoms with Crippen LogP contribution in [0, 0.1) is 0 Å². The molecule has 23 heavy (non-hydrogen) atoms. The van der Waals surface area contributed by atoms with Gasteiger partial charge in [-0.05, 0) is 23.8 Å². The van der Waals surface area contributed by atoms with Crippen molar-refractivity contribution in [3.63, 3.8) is 0 Å². The first-order valence-corrected chi connectivity index (χ1v) is 8.87. The quantitative estimate of drug-likeness (QED) is 0.707. The zero-order valence-corrected chi connectivity index (χ0v) is 13.2. The number of sulfone groups is 1. The molecule has 0 unspecified atom stereocenters. The van der Waals surface area contributed by atoms with Crippen molar-refractivity contribution in [2.75, 3.05) is 5.94 Å². The summed E-state index contributed by atoms with van der Waals surface area (Å²) >= 11 is 0. The van der Waals surface area contributed by atoms with Crippen molar-refractivity contribution in [1.82, 2.24) is 0 Å². The largest absolute Gasteiger partial charge is 0.477 e. The number of benzene rings is 3. The van der Waals surface area contributed by atoms with Crippen LogP contribution >= 0.6 is 0 Å². The molecule has 0 saturated heterocycles. The molecule has 0 N–H and O–H groups in total. The van der Waals surface area contributed by atoms with E-state index in [0.717, 1.165) is 11.1 Å². The first kappa shape index (κ1) is 15.3. The third-order valence-electron chi connectivity index (χ3n) is 3.44. The Hall–Kier alpha value is -2.59. The van der Waals surface area contributed by atoms with Crippen molar-refractivity contribution in [3.05, 3.63) is 84.9 Å². The lowest BCUT2D eigenvalue weighted by molar-refractivity contribution is 0.378. The van der Waals surface area contributed by atoms with Crippen LogP contribution in [0.25, 0.3) is 11.1 Å². The summed E-state index contributed by atoms with van der Waals surface area (Å²) in [6, 6.07) is 25.5. The van der Waals surface area contributed by atoms with E-state index in [9.17, 15) is 8.42 Å². The lowest BCUT2D eigenvalue weighted by Crippen LogP contribution is -2.12. The van der Waals surface area contributed by atoms with Crippen LogP contribution in [0.3, 0.4) is 0 Å². The molecule has 3 rings (SSSR count). The number of hydrogen-bond donors (Lipinski definition) is 0. The van der Waals surface area contributed by atoms with Crippen molar-refractivity contribution in [3.8, 4) is 16.9 Å². The van der Waals surface area contributed by atoms with E-state index in [1.165, 1.54) is 0 Å². The Balaban J connectivity index is 1.85. The maximum absolute atomic E-state index is 12.3. The van der Waals surface area contributed by atoms with Crippen LogP contribution in [0.5, 0.6) is 5.75 Å². The second kappa shape index (κ2) is 6.67. The molecule has 0 atom stereocenters. The minimum Gasteiger partial charge on any atom is -0.477 e. The van der Waals surface area contributed by atoms with Crippen molar-refractivity contribution in [2.45, 2.75) is 4.90 Å². The Morgan fingerprint density at radius 3 is 1.96 bits per heavy atom. The van der Waals surface area contributed by atoms with Gasteiger partial charge in [0.15, 0.2) is 5.94 Å². The molecular formula is C19H16O3S. The van der Waals surface area contributed by atoms with Gasteiger partial charge in [0.2, 0.25) is 9.84 Å². The molecule has 3 aromatic rings. The van der Waals surface area contributed by atoms with Gasteiger partial charge in [-0.2, -0.15) is 0 Å². The molecule has 0 spiro atoms. The highest BCUT2D eigenvalue weighted by Gasteiger charge is 2.16. The summed E-state index contributed by atoms with van der Waals surface area (Å²) < 4.78 is 30.3. The van der Waals surface area contributed by atoms with E-state index >= 15 is 0 Å². The van der Waals surface area contributed by atoms with Crippen LogP contribution in [-0.2, 0) is 9.84 Å². The molecule has 116 valence electrons. The Kier molecular flexibility index (Phi) is 4.44. The van der Waals surface area contributed by atoms with Gasteiger partial charge < -0.3 is 4.74 Å². The smallest absolute Gasteiger partial charge is 0.213 e. The molecule has 0 aliphatic carbocycles. The van der Waals surface area contributed by atoms with Crippen molar-refractivity contribution in [1.29, 1.82) is 0 Å². The second-order valence-electron chi connectivity index (χ2n) is 5.05. The highest BCUT2D eigenvalue weighted by molar-refractivity contribution is 7.91. The van der Waals surface area contributed by atoms with Crippen LogP contribution in [0.4, 0.5) is 0 Å². The SMILES string of the molecule is O=S(=O)(COc1ccccc1-c1ccccc1)c1ccccc1. The molecule has 0 aliphatic heterocycles. The molecule has 0 heterocycles. The van der Waals surface area contributed by atoms with Gasteiger partial charge in [-0.25, -0.2) is 8.42 Å². The lowest BCUT2D eigenvalue weighted by atomic mass is 10.1. The zero-order chi connectivity index (χ0) is 16.1. The monoisotopic (exact) mass is 324 g/mol. The summed E-state index contributed by atoms with van der Waals surface area (Å²) in [5.41, 5.74) is 1.86. The van der Waals surface area contributed by atoms with Crippen LogP contribution < -0.4 is 4.74 Å².